The quantitative estimate of drug-likeness (QED) is 0.183. The Morgan fingerprint density at radius 1 is 0.347 bits per heavy atom. The largest absolute Gasteiger partial charge is 0.455 e. The van der Waals surface area contributed by atoms with Crippen LogP contribution in [0.1, 0.15) is 0 Å². The predicted molar refractivity (Wildman–Crippen MR) is 201 cm³/mol. The van der Waals surface area contributed by atoms with Gasteiger partial charge in [-0.3, -0.25) is 0 Å². The van der Waals surface area contributed by atoms with E-state index in [1.807, 2.05) is 36.4 Å². The molecule has 0 fully saturated rings. The first-order valence-electron chi connectivity index (χ1n) is 16.5. The second kappa shape index (κ2) is 11.0. The number of rotatable bonds is 4. The fraction of sp³-hybridized carbons (Fsp3) is 0. The minimum atomic E-state index is 0.614. The van der Waals surface area contributed by atoms with E-state index in [1.165, 1.54) is 10.8 Å². The molecule has 4 nitrogen and oxygen atoms in total. The van der Waals surface area contributed by atoms with E-state index in [9.17, 15) is 0 Å². The summed E-state index contributed by atoms with van der Waals surface area (Å²) in [6, 6.07) is 56.8. The number of para-hydroxylation sites is 1. The van der Waals surface area contributed by atoms with E-state index in [0.29, 0.717) is 17.5 Å². The molecule has 0 N–H and O–H groups in total. The topological polar surface area (TPSA) is 51.8 Å². The number of hydrogen-bond donors (Lipinski definition) is 0. The average molecular weight is 626 g/mol. The lowest BCUT2D eigenvalue weighted by Crippen LogP contribution is -2.01. The zero-order valence-electron chi connectivity index (χ0n) is 26.3. The van der Waals surface area contributed by atoms with Crippen molar-refractivity contribution in [2.24, 2.45) is 0 Å². The first-order valence-corrected chi connectivity index (χ1v) is 16.5. The number of aromatic nitrogens is 3. The highest BCUT2D eigenvalue weighted by molar-refractivity contribution is 6.22. The van der Waals surface area contributed by atoms with Crippen LogP contribution in [0.4, 0.5) is 0 Å². The number of nitrogens with zero attached hydrogens (tertiary/aromatic N) is 3. The van der Waals surface area contributed by atoms with Crippen LogP contribution in [0.5, 0.6) is 0 Å². The van der Waals surface area contributed by atoms with Crippen LogP contribution in [0.15, 0.2) is 168 Å². The van der Waals surface area contributed by atoms with Gasteiger partial charge in [0.1, 0.15) is 11.2 Å². The number of benzene rings is 8. The smallest absolute Gasteiger partial charge is 0.164 e. The Morgan fingerprint density at radius 3 is 1.69 bits per heavy atom. The van der Waals surface area contributed by atoms with Gasteiger partial charge in [-0.25, -0.2) is 15.0 Å². The maximum atomic E-state index is 6.64. The Balaban J connectivity index is 1.33. The van der Waals surface area contributed by atoms with Crippen molar-refractivity contribution in [3.8, 4) is 45.3 Å². The summed E-state index contributed by atoms with van der Waals surface area (Å²) in [6.07, 6.45) is 0. The van der Waals surface area contributed by atoms with E-state index in [4.69, 9.17) is 19.4 Å². The van der Waals surface area contributed by atoms with Crippen molar-refractivity contribution in [2.45, 2.75) is 0 Å². The van der Waals surface area contributed by atoms with Crippen LogP contribution in [0.2, 0.25) is 0 Å². The molecule has 10 rings (SSSR count). The Bertz CT molecular complexity index is 2880. The van der Waals surface area contributed by atoms with Crippen molar-refractivity contribution in [1.29, 1.82) is 0 Å². The molecular weight excluding hydrogens is 599 g/mol. The Morgan fingerprint density at radius 2 is 0.918 bits per heavy atom. The molecule has 0 aliphatic heterocycles. The van der Waals surface area contributed by atoms with Gasteiger partial charge in [-0.05, 0) is 56.3 Å². The minimum Gasteiger partial charge on any atom is -0.455 e. The number of hydrogen-bond acceptors (Lipinski definition) is 4. The van der Waals surface area contributed by atoms with Gasteiger partial charge < -0.3 is 4.42 Å². The summed E-state index contributed by atoms with van der Waals surface area (Å²) in [4.78, 5) is 15.7. The Hall–Kier alpha value is -6.65. The minimum absolute atomic E-state index is 0.614. The molecule has 10 aromatic rings. The van der Waals surface area contributed by atoms with Crippen molar-refractivity contribution in [2.75, 3.05) is 0 Å². The van der Waals surface area contributed by atoms with Gasteiger partial charge in [0, 0.05) is 32.8 Å². The lowest BCUT2D eigenvalue weighted by atomic mass is 9.93. The van der Waals surface area contributed by atoms with Gasteiger partial charge in [-0.15, -0.1) is 0 Å². The summed E-state index contributed by atoms with van der Waals surface area (Å²) in [5, 5.41) is 8.76. The number of fused-ring (bicyclic) bond motifs is 8. The normalized spacial score (nSPS) is 11.7. The van der Waals surface area contributed by atoms with Crippen LogP contribution in [-0.4, -0.2) is 15.0 Å². The molecule has 8 aromatic carbocycles. The van der Waals surface area contributed by atoms with Gasteiger partial charge in [0.05, 0.1) is 0 Å². The summed E-state index contributed by atoms with van der Waals surface area (Å²) in [6.45, 7) is 0. The third kappa shape index (κ3) is 4.42. The summed E-state index contributed by atoms with van der Waals surface area (Å²) >= 11 is 0. The summed E-state index contributed by atoms with van der Waals surface area (Å²) in [5.41, 5.74) is 6.76. The van der Waals surface area contributed by atoms with Gasteiger partial charge in [0.15, 0.2) is 17.5 Å². The molecule has 49 heavy (non-hydrogen) atoms. The van der Waals surface area contributed by atoms with Gasteiger partial charge >= 0.3 is 0 Å². The highest BCUT2D eigenvalue weighted by atomic mass is 16.3. The molecule has 0 saturated carbocycles. The maximum Gasteiger partial charge on any atom is 0.164 e. The van der Waals surface area contributed by atoms with E-state index in [2.05, 4.69) is 127 Å². The van der Waals surface area contributed by atoms with Crippen molar-refractivity contribution >= 4 is 54.3 Å². The molecule has 228 valence electrons. The molecule has 0 bridgehead atoms. The molecule has 0 saturated heterocycles. The van der Waals surface area contributed by atoms with Gasteiger partial charge in [0.25, 0.3) is 0 Å². The van der Waals surface area contributed by atoms with Crippen molar-refractivity contribution in [1.82, 2.24) is 15.0 Å². The van der Waals surface area contributed by atoms with Gasteiger partial charge in [0.2, 0.25) is 0 Å². The third-order valence-corrected chi connectivity index (χ3v) is 9.51. The van der Waals surface area contributed by atoms with Gasteiger partial charge in [-0.2, -0.15) is 0 Å². The SMILES string of the molecule is c1ccc(-c2nc(-c3cc4ccccc4c4ccccc34)nc(-c3cc4c5ccccc5oc4c4c(-c5ccccc5)cccc34)n2)cc1. The first kappa shape index (κ1) is 27.5. The van der Waals surface area contributed by atoms with Crippen molar-refractivity contribution in [3.63, 3.8) is 0 Å². The summed E-state index contributed by atoms with van der Waals surface area (Å²) < 4.78 is 6.64. The molecule has 0 radical (unpaired) electrons. The molecule has 0 unspecified atom stereocenters. The Labute approximate surface area is 282 Å². The van der Waals surface area contributed by atoms with Crippen LogP contribution in [0.25, 0.3) is 99.5 Å². The van der Waals surface area contributed by atoms with E-state index in [-0.39, 0.29) is 0 Å². The van der Waals surface area contributed by atoms with E-state index < -0.39 is 0 Å². The van der Waals surface area contributed by atoms with E-state index in [0.717, 1.165) is 71.3 Å². The average Bonchev–Trinajstić information content (AvgIpc) is 3.56. The monoisotopic (exact) mass is 625 g/mol. The second-order valence-corrected chi connectivity index (χ2v) is 12.4. The van der Waals surface area contributed by atoms with E-state index in [1.54, 1.807) is 0 Å². The molecule has 0 atom stereocenters. The van der Waals surface area contributed by atoms with Crippen LogP contribution in [0.3, 0.4) is 0 Å². The molecule has 0 aliphatic carbocycles. The maximum absolute atomic E-state index is 6.64. The number of furan rings is 1. The van der Waals surface area contributed by atoms with E-state index >= 15 is 0 Å². The van der Waals surface area contributed by atoms with Crippen LogP contribution in [0, 0.1) is 0 Å². The second-order valence-electron chi connectivity index (χ2n) is 12.4. The zero-order valence-corrected chi connectivity index (χ0v) is 26.3. The molecule has 0 aliphatic rings. The van der Waals surface area contributed by atoms with Crippen molar-refractivity contribution in [3.05, 3.63) is 164 Å². The van der Waals surface area contributed by atoms with Crippen LogP contribution in [-0.2, 0) is 0 Å². The fourth-order valence-corrected chi connectivity index (χ4v) is 7.25. The molecule has 2 heterocycles. The molecule has 2 aromatic heterocycles. The third-order valence-electron chi connectivity index (χ3n) is 9.51. The Kier molecular flexibility index (Phi) is 6.15. The molecular formula is C45H27N3O. The zero-order chi connectivity index (χ0) is 32.3. The summed E-state index contributed by atoms with van der Waals surface area (Å²) in [5.74, 6) is 1.88. The molecule has 4 heteroatoms. The fourth-order valence-electron chi connectivity index (χ4n) is 7.25. The molecule has 0 spiro atoms. The highest BCUT2D eigenvalue weighted by Gasteiger charge is 2.21. The van der Waals surface area contributed by atoms with Crippen LogP contribution >= 0.6 is 0 Å². The van der Waals surface area contributed by atoms with Crippen LogP contribution < -0.4 is 0 Å². The highest BCUT2D eigenvalue weighted by Crippen LogP contribution is 2.43. The lowest BCUT2D eigenvalue weighted by molar-refractivity contribution is 0.673. The first-order chi connectivity index (χ1) is 24.3. The lowest BCUT2D eigenvalue weighted by Gasteiger charge is -2.14. The standard InChI is InChI=1S/C45H27N3O/c1-3-14-28(15-4-1)32-23-13-24-36-39(27-37-35-22-11-12-25-40(35)49-42(37)41(32)36)45-47-43(29-16-5-2-6-17-29)46-44(48-45)38-26-30-18-7-8-19-31(30)33-20-9-10-21-34(33)38/h1-27H. The molecule has 0 amide bonds. The summed E-state index contributed by atoms with van der Waals surface area (Å²) in [7, 11) is 0. The van der Waals surface area contributed by atoms with Crippen molar-refractivity contribution < 1.29 is 4.42 Å². The van der Waals surface area contributed by atoms with Gasteiger partial charge in [-0.1, -0.05) is 146 Å². The predicted octanol–water partition coefficient (Wildman–Crippen LogP) is 11.9.